The van der Waals surface area contributed by atoms with Crippen molar-refractivity contribution in [2.75, 3.05) is 42.4 Å². The normalized spacial score (nSPS) is 26.6. The van der Waals surface area contributed by atoms with Crippen LogP contribution >= 0.6 is 11.0 Å². The molecule has 3 N–H and O–H groups in total. The summed E-state index contributed by atoms with van der Waals surface area (Å²) in [4.78, 5) is 13.1. The van der Waals surface area contributed by atoms with Crippen molar-refractivity contribution in [3.63, 3.8) is 0 Å². The summed E-state index contributed by atoms with van der Waals surface area (Å²) in [6.07, 6.45) is 2.84. The standard InChI is InChI=1S/C15H19N5O4S/c16-10-18-4-3-12(8-18)20-6-5-19(25(20,22)23)11-1-2-14-13(7-11)17-15(21)9-24-14/h1-2,7,12,22-23H,3-6,8-9H2,(H,17,21). The Labute approximate surface area is 147 Å². The lowest BCUT2D eigenvalue weighted by Gasteiger charge is -2.45. The van der Waals surface area contributed by atoms with E-state index in [0.29, 0.717) is 43.3 Å². The van der Waals surface area contributed by atoms with Crippen LogP contribution in [0, 0.1) is 11.5 Å². The largest absolute Gasteiger partial charge is 0.482 e. The van der Waals surface area contributed by atoms with E-state index in [1.54, 1.807) is 31.7 Å². The molecule has 134 valence electrons. The monoisotopic (exact) mass is 365 g/mol. The van der Waals surface area contributed by atoms with Crippen molar-refractivity contribution in [2.24, 2.45) is 0 Å². The van der Waals surface area contributed by atoms with Gasteiger partial charge in [-0.2, -0.15) is 9.57 Å². The third-order valence-corrected chi connectivity index (χ3v) is 6.82. The molecule has 0 radical (unpaired) electrons. The first-order valence-electron chi connectivity index (χ1n) is 8.03. The molecular formula is C15H19N5O4S. The molecule has 3 aliphatic heterocycles. The van der Waals surface area contributed by atoms with Crippen molar-refractivity contribution in [3.05, 3.63) is 18.2 Å². The van der Waals surface area contributed by atoms with Crippen molar-refractivity contribution in [2.45, 2.75) is 12.5 Å². The van der Waals surface area contributed by atoms with Gasteiger partial charge in [-0.25, -0.2) is 0 Å². The zero-order valence-corrected chi connectivity index (χ0v) is 14.3. The SMILES string of the molecule is N#CN1CCC(N2CCN(c3ccc4c(c3)NC(=O)CO4)S2(O)O)C1. The van der Waals surface area contributed by atoms with Crippen LogP contribution in [0.1, 0.15) is 6.42 Å². The molecular weight excluding hydrogens is 346 g/mol. The van der Waals surface area contributed by atoms with Crippen LogP contribution in [0.5, 0.6) is 5.75 Å². The van der Waals surface area contributed by atoms with Crippen LogP contribution in [0.15, 0.2) is 18.2 Å². The second kappa shape index (κ2) is 5.96. The molecule has 1 unspecified atom stereocenters. The van der Waals surface area contributed by atoms with Crippen LogP contribution < -0.4 is 14.4 Å². The minimum absolute atomic E-state index is 0.0178. The van der Waals surface area contributed by atoms with Gasteiger partial charge in [-0.05, 0) is 24.6 Å². The maximum absolute atomic E-state index is 11.5. The van der Waals surface area contributed by atoms with E-state index in [2.05, 4.69) is 11.5 Å². The van der Waals surface area contributed by atoms with Crippen molar-refractivity contribution < 1.29 is 18.6 Å². The van der Waals surface area contributed by atoms with Crippen LogP contribution in [-0.4, -0.2) is 63.0 Å². The van der Waals surface area contributed by atoms with Gasteiger partial charge in [0.15, 0.2) is 12.8 Å². The maximum Gasteiger partial charge on any atom is 0.262 e. The molecule has 3 heterocycles. The van der Waals surface area contributed by atoms with Crippen molar-refractivity contribution in [3.8, 4) is 11.9 Å². The maximum atomic E-state index is 11.5. The number of hydrogen-bond acceptors (Lipinski definition) is 8. The molecule has 10 heteroatoms. The molecule has 0 aliphatic carbocycles. The fraction of sp³-hybridized carbons (Fsp3) is 0.467. The number of anilines is 2. The van der Waals surface area contributed by atoms with Gasteiger partial charge in [0.25, 0.3) is 5.91 Å². The number of amides is 1. The Morgan fingerprint density at radius 2 is 2.16 bits per heavy atom. The predicted octanol–water partition coefficient (Wildman–Crippen LogP) is 1.28. The van der Waals surface area contributed by atoms with Gasteiger partial charge in [0.2, 0.25) is 0 Å². The molecule has 4 rings (SSSR count). The van der Waals surface area contributed by atoms with E-state index >= 15 is 0 Å². The summed E-state index contributed by atoms with van der Waals surface area (Å²) in [6, 6.07) is 5.11. The van der Waals surface area contributed by atoms with E-state index in [-0.39, 0.29) is 18.6 Å². The fourth-order valence-corrected chi connectivity index (χ4v) is 5.38. The van der Waals surface area contributed by atoms with Crippen molar-refractivity contribution in [1.29, 1.82) is 5.26 Å². The van der Waals surface area contributed by atoms with Crippen molar-refractivity contribution in [1.82, 2.24) is 9.21 Å². The van der Waals surface area contributed by atoms with Gasteiger partial charge in [-0.3, -0.25) is 18.2 Å². The zero-order valence-electron chi connectivity index (χ0n) is 13.5. The first kappa shape index (κ1) is 16.3. The summed E-state index contributed by atoms with van der Waals surface area (Å²) < 4.78 is 30.2. The number of nitrogens with zero attached hydrogens (tertiary/aromatic N) is 4. The Morgan fingerprint density at radius 1 is 1.32 bits per heavy atom. The summed E-state index contributed by atoms with van der Waals surface area (Å²) in [6.45, 7) is 2.09. The van der Waals surface area contributed by atoms with Crippen LogP contribution in [0.3, 0.4) is 0 Å². The highest BCUT2D eigenvalue weighted by molar-refractivity contribution is 8.23. The lowest BCUT2D eigenvalue weighted by Crippen LogP contribution is -2.38. The number of fused-ring (bicyclic) bond motifs is 1. The minimum Gasteiger partial charge on any atom is -0.482 e. The number of carbonyl (C=O) groups excluding carboxylic acids is 1. The molecule has 25 heavy (non-hydrogen) atoms. The highest BCUT2D eigenvalue weighted by atomic mass is 32.3. The lowest BCUT2D eigenvalue weighted by atomic mass is 10.2. The van der Waals surface area contributed by atoms with Crippen LogP contribution in [0.4, 0.5) is 11.4 Å². The molecule has 0 saturated carbocycles. The molecule has 1 amide bonds. The second-order valence-corrected chi connectivity index (χ2v) is 8.13. The van der Waals surface area contributed by atoms with E-state index in [1.807, 2.05) is 0 Å². The van der Waals surface area contributed by atoms with Gasteiger partial charge in [-0.1, -0.05) is 11.0 Å². The topological polar surface area (TPSA) is 112 Å². The van der Waals surface area contributed by atoms with E-state index in [1.165, 1.54) is 0 Å². The minimum atomic E-state index is -3.16. The Hall–Kier alpha value is -2.19. The fourth-order valence-electron chi connectivity index (χ4n) is 3.51. The van der Waals surface area contributed by atoms with Gasteiger partial charge < -0.3 is 15.0 Å². The molecule has 1 atom stereocenters. The molecule has 9 nitrogen and oxygen atoms in total. The highest BCUT2D eigenvalue weighted by Gasteiger charge is 2.43. The Morgan fingerprint density at radius 3 is 2.92 bits per heavy atom. The van der Waals surface area contributed by atoms with Crippen LogP contribution in [-0.2, 0) is 4.79 Å². The molecule has 0 bridgehead atoms. The van der Waals surface area contributed by atoms with E-state index in [4.69, 9.17) is 10.00 Å². The third kappa shape index (κ3) is 2.75. The Bertz CT molecular complexity index is 752. The summed E-state index contributed by atoms with van der Waals surface area (Å²) in [7, 11) is -3.16. The summed E-state index contributed by atoms with van der Waals surface area (Å²) in [5.41, 5.74) is 1.14. The average Bonchev–Trinajstić information content (AvgIpc) is 3.17. The first-order chi connectivity index (χ1) is 12.0. The van der Waals surface area contributed by atoms with E-state index < -0.39 is 11.0 Å². The number of rotatable bonds is 2. The van der Waals surface area contributed by atoms with Gasteiger partial charge in [-0.15, -0.1) is 0 Å². The lowest BCUT2D eigenvalue weighted by molar-refractivity contribution is -0.118. The summed E-state index contributed by atoms with van der Waals surface area (Å²) >= 11 is 0. The molecule has 2 fully saturated rings. The van der Waals surface area contributed by atoms with E-state index in [9.17, 15) is 13.9 Å². The quantitative estimate of drug-likeness (QED) is 0.672. The number of benzene rings is 1. The van der Waals surface area contributed by atoms with Crippen LogP contribution in [0.2, 0.25) is 0 Å². The highest BCUT2D eigenvalue weighted by Crippen LogP contribution is 2.55. The third-order valence-electron chi connectivity index (χ3n) is 4.73. The van der Waals surface area contributed by atoms with Crippen LogP contribution in [0.25, 0.3) is 0 Å². The molecule has 0 aromatic heterocycles. The van der Waals surface area contributed by atoms with Gasteiger partial charge in [0.05, 0.1) is 24.0 Å². The number of carbonyl (C=O) groups is 1. The molecule has 0 spiro atoms. The van der Waals surface area contributed by atoms with Gasteiger partial charge in [0.1, 0.15) is 5.75 Å². The molecule has 3 aliphatic rings. The predicted molar refractivity (Wildman–Crippen MR) is 93.1 cm³/mol. The summed E-state index contributed by atoms with van der Waals surface area (Å²) in [5.74, 6) is 0.332. The Balaban J connectivity index is 1.57. The molecule has 1 aromatic carbocycles. The smallest absolute Gasteiger partial charge is 0.262 e. The van der Waals surface area contributed by atoms with Gasteiger partial charge >= 0.3 is 0 Å². The Kier molecular flexibility index (Phi) is 3.88. The first-order valence-corrected chi connectivity index (χ1v) is 9.49. The number of nitriles is 1. The summed E-state index contributed by atoms with van der Waals surface area (Å²) in [5, 5.41) is 11.7. The number of ether oxygens (including phenoxy) is 1. The number of likely N-dealkylation sites (tertiary alicyclic amines) is 1. The average molecular weight is 365 g/mol. The molecule has 1 aromatic rings. The zero-order chi connectivity index (χ0) is 17.6. The molecule has 2 saturated heterocycles. The number of hydrogen-bond donors (Lipinski definition) is 3. The van der Waals surface area contributed by atoms with Gasteiger partial charge in [0, 0.05) is 19.6 Å². The van der Waals surface area contributed by atoms with Crippen molar-refractivity contribution >= 4 is 28.2 Å². The second-order valence-electron chi connectivity index (χ2n) is 6.24. The number of nitrogens with one attached hydrogen (secondary N) is 1. The van der Waals surface area contributed by atoms with E-state index in [0.717, 1.165) is 6.42 Å².